The SMILES string of the molecule is COc1cc(Cl)c(C)cc1NC(=O)CSc1nc2ccccc2c(=O)n1N. The summed E-state index contributed by atoms with van der Waals surface area (Å²) in [5.74, 6) is 6.02. The lowest BCUT2D eigenvalue weighted by Gasteiger charge is -2.12. The number of aromatic nitrogens is 2. The molecular weight excluding hydrogens is 388 g/mol. The number of hydrogen-bond acceptors (Lipinski definition) is 6. The Labute approximate surface area is 164 Å². The zero-order valence-electron chi connectivity index (χ0n) is 14.7. The molecule has 1 heterocycles. The second-order valence-corrected chi connectivity index (χ2v) is 7.07. The Morgan fingerprint density at radius 3 is 2.85 bits per heavy atom. The van der Waals surface area contributed by atoms with E-state index in [1.54, 1.807) is 36.4 Å². The highest BCUT2D eigenvalue weighted by molar-refractivity contribution is 7.99. The van der Waals surface area contributed by atoms with Crippen molar-refractivity contribution in [3.05, 3.63) is 57.3 Å². The van der Waals surface area contributed by atoms with Crippen molar-refractivity contribution in [2.24, 2.45) is 0 Å². The second kappa shape index (κ2) is 7.89. The highest BCUT2D eigenvalue weighted by Crippen LogP contribution is 2.31. The third kappa shape index (κ3) is 4.01. The number of nitrogens with zero attached hydrogens (tertiary/aromatic N) is 2. The number of amides is 1. The monoisotopic (exact) mass is 404 g/mol. The summed E-state index contributed by atoms with van der Waals surface area (Å²) in [5, 5.41) is 4.00. The fraction of sp³-hybridized carbons (Fsp3) is 0.167. The van der Waals surface area contributed by atoms with Crippen LogP contribution in [0.15, 0.2) is 46.3 Å². The van der Waals surface area contributed by atoms with Crippen molar-refractivity contribution in [1.29, 1.82) is 0 Å². The molecule has 2 aromatic carbocycles. The largest absolute Gasteiger partial charge is 0.495 e. The number of halogens is 1. The molecule has 0 aliphatic rings. The lowest BCUT2D eigenvalue weighted by molar-refractivity contribution is -0.113. The van der Waals surface area contributed by atoms with Gasteiger partial charge in [0.25, 0.3) is 5.56 Å². The topological polar surface area (TPSA) is 99.2 Å². The number of anilines is 1. The number of aryl methyl sites for hydroxylation is 1. The quantitative estimate of drug-likeness (QED) is 0.385. The van der Waals surface area contributed by atoms with Gasteiger partial charge in [-0.3, -0.25) is 9.59 Å². The van der Waals surface area contributed by atoms with Gasteiger partial charge >= 0.3 is 0 Å². The molecule has 1 amide bonds. The molecule has 0 fully saturated rings. The minimum atomic E-state index is -0.362. The molecule has 0 saturated carbocycles. The van der Waals surface area contributed by atoms with Crippen molar-refractivity contribution in [3.63, 3.8) is 0 Å². The Balaban J connectivity index is 1.77. The number of rotatable bonds is 5. The number of nitrogens with one attached hydrogen (secondary N) is 1. The number of thioether (sulfide) groups is 1. The van der Waals surface area contributed by atoms with Crippen molar-refractivity contribution in [3.8, 4) is 5.75 Å². The van der Waals surface area contributed by atoms with Crippen molar-refractivity contribution >= 4 is 45.9 Å². The van der Waals surface area contributed by atoms with Crippen molar-refractivity contribution in [2.45, 2.75) is 12.1 Å². The standard InChI is InChI=1S/C18H17ClN4O3S/c1-10-7-14(15(26-2)8-12(10)19)21-16(24)9-27-18-22-13-6-4-3-5-11(13)17(25)23(18)20/h3-8H,9,20H2,1-2H3,(H,21,24). The van der Waals surface area contributed by atoms with Crippen LogP contribution < -0.4 is 21.5 Å². The van der Waals surface area contributed by atoms with E-state index >= 15 is 0 Å². The first-order valence-electron chi connectivity index (χ1n) is 7.94. The van der Waals surface area contributed by atoms with Crippen LogP contribution in [0.3, 0.4) is 0 Å². The Hall–Kier alpha value is -2.71. The van der Waals surface area contributed by atoms with E-state index in [4.69, 9.17) is 22.2 Å². The Kier molecular flexibility index (Phi) is 5.57. The van der Waals surface area contributed by atoms with Gasteiger partial charge in [0.1, 0.15) is 5.75 Å². The molecule has 0 saturated heterocycles. The molecule has 3 aromatic rings. The highest BCUT2D eigenvalue weighted by atomic mass is 35.5. The number of benzene rings is 2. The van der Waals surface area contributed by atoms with Gasteiger partial charge in [-0.05, 0) is 30.7 Å². The third-order valence-electron chi connectivity index (χ3n) is 3.86. The van der Waals surface area contributed by atoms with Crippen LogP contribution in [0, 0.1) is 6.92 Å². The molecule has 0 atom stereocenters. The van der Waals surface area contributed by atoms with Crippen LogP contribution in [-0.4, -0.2) is 28.4 Å². The maximum Gasteiger partial charge on any atom is 0.280 e. The lowest BCUT2D eigenvalue weighted by Crippen LogP contribution is -2.30. The maximum absolute atomic E-state index is 12.3. The molecule has 0 bridgehead atoms. The van der Waals surface area contributed by atoms with Gasteiger partial charge < -0.3 is 15.9 Å². The van der Waals surface area contributed by atoms with E-state index in [1.807, 2.05) is 6.92 Å². The molecule has 0 aliphatic carbocycles. The smallest absolute Gasteiger partial charge is 0.280 e. The van der Waals surface area contributed by atoms with Gasteiger partial charge in [0.05, 0.1) is 29.5 Å². The lowest BCUT2D eigenvalue weighted by atomic mass is 10.2. The summed E-state index contributed by atoms with van der Waals surface area (Å²) in [6, 6.07) is 10.3. The van der Waals surface area contributed by atoms with Crippen LogP contribution >= 0.6 is 23.4 Å². The van der Waals surface area contributed by atoms with Crippen molar-refractivity contribution < 1.29 is 9.53 Å². The minimum absolute atomic E-state index is 0.0206. The Bertz CT molecular complexity index is 1080. The summed E-state index contributed by atoms with van der Waals surface area (Å²) in [7, 11) is 1.50. The summed E-state index contributed by atoms with van der Waals surface area (Å²) in [4.78, 5) is 29.0. The van der Waals surface area contributed by atoms with Gasteiger partial charge in [-0.15, -0.1) is 0 Å². The van der Waals surface area contributed by atoms with E-state index in [1.165, 1.54) is 7.11 Å². The molecule has 7 nitrogen and oxygen atoms in total. The van der Waals surface area contributed by atoms with E-state index in [0.717, 1.165) is 22.0 Å². The van der Waals surface area contributed by atoms with Crippen LogP contribution in [0.4, 0.5) is 5.69 Å². The van der Waals surface area contributed by atoms with Gasteiger partial charge in [0.15, 0.2) is 5.16 Å². The Morgan fingerprint density at radius 2 is 2.11 bits per heavy atom. The maximum atomic E-state index is 12.3. The average Bonchev–Trinajstić information content (AvgIpc) is 2.66. The van der Waals surface area contributed by atoms with E-state index < -0.39 is 0 Å². The van der Waals surface area contributed by atoms with Crippen molar-refractivity contribution in [1.82, 2.24) is 9.66 Å². The van der Waals surface area contributed by atoms with Crippen LogP contribution in [0.5, 0.6) is 5.75 Å². The van der Waals surface area contributed by atoms with Gasteiger partial charge in [0, 0.05) is 11.1 Å². The molecule has 140 valence electrons. The number of hydrogen-bond donors (Lipinski definition) is 2. The summed E-state index contributed by atoms with van der Waals surface area (Å²) < 4.78 is 6.20. The first-order chi connectivity index (χ1) is 12.9. The fourth-order valence-corrected chi connectivity index (χ4v) is 3.34. The molecule has 0 aliphatic heterocycles. The van der Waals surface area contributed by atoms with Crippen molar-refractivity contribution in [2.75, 3.05) is 24.0 Å². The number of para-hydroxylation sites is 1. The molecule has 0 spiro atoms. The molecule has 9 heteroatoms. The van der Waals surface area contributed by atoms with E-state index in [0.29, 0.717) is 27.4 Å². The number of methoxy groups -OCH3 is 1. The van der Waals surface area contributed by atoms with Gasteiger partial charge in [-0.1, -0.05) is 35.5 Å². The summed E-state index contributed by atoms with van der Waals surface area (Å²) in [6.07, 6.45) is 0. The highest BCUT2D eigenvalue weighted by Gasteiger charge is 2.14. The van der Waals surface area contributed by atoms with Crippen LogP contribution in [0.2, 0.25) is 5.02 Å². The predicted molar refractivity (Wildman–Crippen MR) is 108 cm³/mol. The van der Waals surface area contributed by atoms with E-state index in [-0.39, 0.29) is 22.4 Å². The number of nitrogen functional groups attached to an aromatic ring is 1. The molecule has 0 unspecified atom stereocenters. The first-order valence-corrected chi connectivity index (χ1v) is 9.30. The number of carbonyl (C=O) groups excluding carboxylic acids is 1. The van der Waals surface area contributed by atoms with Gasteiger partial charge in [0.2, 0.25) is 5.91 Å². The fourth-order valence-electron chi connectivity index (χ4n) is 2.47. The number of carbonyl (C=O) groups is 1. The average molecular weight is 405 g/mol. The van der Waals surface area contributed by atoms with E-state index in [9.17, 15) is 9.59 Å². The zero-order chi connectivity index (χ0) is 19.6. The Morgan fingerprint density at radius 1 is 1.37 bits per heavy atom. The van der Waals surface area contributed by atoms with Crippen LogP contribution in [0.25, 0.3) is 10.9 Å². The zero-order valence-corrected chi connectivity index (χ0v) is 16.2. The molecule has 1 aromatic heterocycles. The molecule has 27 heavy (non-hydrogen) atoms. The molecular formula is C18H17ClN4O3S. The predicted octanol–water partition coefficient (Wildman–Crippen LogP) is 2.81. The normalized spacial score (nSPS) is 10.8. The summed E-state index contributed by atoms with van der Waals surface area (Å²) in [6.45, 7) is 1.83. The molecule has 3 N–H and O–H groups in total. The first kappa shape index (κ1) is 19.1. The van der Waals surface area contributed by atoms with Crippen LogP contribution in [0.1, 0.15) is 5.56 Å². The van der Waals surface area contributed by atoms with Gasteiger partial charge in [-0.2, -0.15) is 0 Å². The summed E-state index contributed by atoms with van der Waals surface area (Å²) >= 11 is 7.14. The third-order valence-corrected chi connectivity index (χ3v) is 5.22. The summed E-state index contributed by atoms with van der Waals surface area (Å²) in [5.41, 5.74) is 1.50. The molecule has 0 radical (unpaired) electrons. The molecule has 3 rings (SSSR count). The number of fused-ring (bicyclic) bond motifs is 1. The second-order valence-electron chi connectivity index (χ2n) is 5.73. The number of ether oxygens (including phenoxy) is 1. The van der Waals surface area contributed by atoms with Crippen LogP contribution in [-0.2, 0) is 4.79 Å². The van der Waals surface area contributed by atoms with Gasteiger partial charge in [-0.25, -0.2) is 9.66 Å². The minimum Gasteiger partial charge on any atom is -0.495 e. The number of nitrogens with two attached hydrogens (primary N) is 1. The van der Waals surface area contributed by atoms with E-state index in [2.05, 4.69) is 10.3 Å².